The molecule has 8 heteroatoms. The molecule has 0 fully saturated rings. The maximum absolute atomic E-state index is 12.4. The molecule has 2 aromatic heterocycles. The predicted molar refractivity (Wildman–Crippen MR) is 99.3 cm³/mol. The number of nitro benzene ring substituents is 1. The van der Waals surface area contributed by atoms with Crippen LogP contribution in [-0.2, 0) is 12.8 Å². The molecule has 0 spiro atoms. The molecule has 1 aromatic carbocycles. The van der Waals surface area contributed by atoms with Crippen LogP contribution >= 0.6 is 22.9 Å². The van der Waals surface area contributed by atoms with Crippen molar-refractivity contribution in [3.63, 3.8) is 0 Å². The lowest BCUT2D eigenvalue weighted by atomic mass is 10.2. The number of nitro groups is 1. The molecule has 0 bridgehead atoms. The minimum atomic E-state index is -0.529. The summed E-state index contributed by atoms with van der Waals surface area (Å²) in [6.07, 6.45) is 6.33. The van der Waals surface area contributed by atoms with E-state index < -0.39 is 4.92 Å². The van der Waals surface area contributed by atoms with Gasteiger partial charge in [0.05, 0.1) is 10.3 Å². The third kappa shape index (κ3) is 2.85. The Hall–Kier alpha value is -2.51. The molecule has 0 aliphatic heterocycles. The Bertz CT molecular complexity index is 1100. The van der Waals surface area contributed by atoms with Crippen LogP contribution in [0.3, 0.4) is 0 Å². The number of benzene rings is 1. The molecule has 4 rings (SSSR count). The van der Waals surface area contributed by atoms with Crippen molar-refractivity contribution in [2.75, 3.05) is 0 Å². The second kappa shape index (κ2) is 6.09. The maximum Gasteiger partial charge on any atom is 0.288 e. The van der Waals surface area contributed by atoms with Gasteiger partial charge in [-0.1, -0.05) is 23.7 Å². The molecule has 25 heavy (non-hydrogen) atoms. The number of hydrogen-bond acceptors (Lipinski definition) is 5. The van der Waals surface area contributed by atoms with Crippen LogP contribution in [0.4, 0.5) is 5.69 Å². The quantitative estimate of drug-likeness (QED) is 0.550. The van der Waals surface area contributed by atoms with E-state index in [2.05, 4.69) is 9.97 Å². The number of H-pyrrole nitrogens is 1. The summed E-state index contributed by atoms with van der Waals surface area (Å²) in [5, 5.41) is 11.7. The van der Waals surface area contributed by atoms with Crippen molar-refractivity contribution in [1.29, 1.82) is 0 Å². The number of thiophene rings is 1. The zero-order valence-electron chi connectivity index (χ0n) is 12.9. The molecule has 1 aliphatic rings. The molecule has 0 radical (unpaired) electrons. The topological polar surface area (TPSA) is 88.9 Å². The van der Waals surface area contributed by atoms with Gasteiger partial charge in [-0.25, -0.2) is 4.98 Å². The summed E-state index contributed by atoms with van der Waals surface area (Å²) in [5.74, 6) is 0.426. The zero-order chi connectivity index (χ0) is 17.6. The van der Waals surface area contributed by atoms with Gasteiger partial charge in [0.1, 0.15) is 15.7 Å². The Labute approximate surface area is 150 Å². The SMILES string of the molecule is O=c1[nH]c(/C=C/c2ccc(Cl)c([N+](=O)[O-])c2)nc2sc3c(c12)CCC3. The highest BCUT2D eigenvalue weighted by Gasteiger charge is 2.20. The van der Waals surface area contributed by atoms with E-state index in [0.717, 1.165) is 29.7 Å². The third-order valence-electron chi connectivity index (χ3n) is 4.19. The highest BCUT2D eigenvalue weighted by Crippen LogP contribution is 2.34. The van der Waals surface area contributed by atoms with Crippen LogP contribution in [0.15, 0.2) is 23.0 Å². The standard InChI is InChI=1S/C17H12ClN3O3S/c18-11-6-4-9(8-12(11)21(23)24)5-7-14-19-16(22)15-10-2-1-3-13(10)25-17(15)20-14/h4-8H,1-3H2,(H,19,20,22)/b7-5+. The fraction of sp³-hybridized carbons (Fsp3) is 0.176. The van der Waals surface area contributed by atoms with Crippen molar-refractivity contribution in [3.05, 3.63) is 65.5 Å². The van der Waals surface area contributed by atoms with Gasteiger partial charge in [0.2, 0.25) is 0 Å². The van der Waals surface area contributed by atoms with E-state index in [0.29, 0.717) is 16.8 Å². The fourth-order valence-electron chi connectivity index (χ4n) is 3.05. The van der Waals surface area contributed by atoms with Gasteiger partial charge in [0, 0.05) is 10.9 Å². The monoisotopic (exact) mass is 373 g/mol. The minimum absolute atomic E-state index is 0.0863. The molecular weight excluding hydrogens is 362 g/mol. The van der Waals surface area contributed by atoms with Crippen molar-refractivity contribution in [3.8, 4) is 0 Å². The van der Waals surface area contributed by atoms with Crippen LogP contribution < -0.4 is 5.56 Å². The van der Waals surface area contributed by atoms with E-state index in [9.17, 15) is 14.9 Å². The van der Waals surface area contributed by atoms with Gasteiger partial charge in [0.15, 0.2) is 0 Å². The zero-order valence-corrected chi connectivity index (χ0v) is 14.5. The summed E-state index contributed by atoms with van der Waals surface area (Å²) >= 11 is 7.38. The van der Waals surface area contributed by atoms with Crippen molar-refractivity contribution in [2.45, 2.75) is 19.3 Å². The Morgan fingerprint density at radius 3 is 2.96 bits per heavy atom. The van der Waals surface area contributed by atoms with E-state index in [-0.39, 0.29) is 16.3 Å². The van der Waals surface area contributed by atoms with E-state index in [1.54, 1.807) is 29.6 Å². The van der Waals surface area contributed by atoms with Gasteiger partial charge in [-0.3, -0.25) is 14.9 Å². The predicted octanol–water partition coefficient (Wildman–Crippen LogP) is 4.21. The van der Waals surface area contributed by atoms with Crippen molar-refractivity contribution in [1.82, 2.24) is 9.97 Å². The van der Waals surface area contributed by atoms with Gasteiger partial charge >= 0.3 is 0 Å². The van der Waals surface area contributed by atoms with Crippen molar-refractivity contribution < 1.29 is 4.92 Å². The Morgan fingerprint density at radius 1 is 1.32 bits per heavy atom. The lowest BCUT2D eigenvalue weighted by molar-refractivity contribution is -0.384. The van der Waals surface area contributed by atoms with Gasteiger partial charge in [-0.2, -0.15) is 0 Å². The third-order valence-corrected chi connectivity index (χ3v) is 5.70. The molecule has 1 N–H and O–H groups in total. The molecule has 0 saturated carbocycles. The normalized spacial score (nSPS) is 13.6. The van der Waals surface area contributed by atoms with Crippen LogP contribution in [-0.4, -0.2) is 14.9 Å². The number of hydrogen-bond donors (Lipinski definition) is 1. The van der Waals surface area contributed by atoms with E-state index in [4.69, 9.17) is 11.6 Å². The molecule has 0 atom stereocenters. The Morgan fingerprint density at radius 2 is 2.16 bits per heavy atom. The highest BCUT2D eigenvalue weighted by atomic mass is 35.5. The summed E-state index contributed by atoms with van der Waals surface area (Å²) in [7, 11) is 0. The number of aryl methyl sites for hydroxylation is 2. The second-order valence-electron chi connectivity index (χ2n) is 5.79. The highest BCUT2D eigenvalue weighted by molar-refractivity contribution is 7.18. The largest absolute Gasteiger partial charge is 0.306 e. The molecule has 2 heterocycles. The molecular formula is C17H12ClN3O3S. The van der Waals surface area contributed by atoms with Gasteiger partial charge in [-0.05, 0) is 42.5 Å². The van der Waals surface area contributed by atoms with Crippen LogP contribution in [0, 0.1) is 10.1 Å². The van der Waals surface area contributed by atoms with Crippen molar-refractivity contribution in [2.24, 2.45) is 0 Å². The van der Waals surface area contributed by atoms with Crippen LogP contribution in [0.1, 0.15) is 28.2 Å². The smallest absolute Gasteiger partial charge is 0.288 e. The number of aromatic nitrogens is 2. The van der Waals surface area contributed by atoms with E-state index in [1.165, 1.54) is 17.0 Å². The summed E-state index contributed by atoms with van der Waals surface area (Å²) in [4.78, 5) is 32.1. The van der Waals surface area contributed by atoms with Crippen LogP contribution in [0.25, 0.3) is 22.4 Å². The first-order valence-corrected chi connectivity index (χ1v) is 8.89. The molecule has 1 aliphatic carbocycles. The lowest BCUT2D eigenvalue weighted by Crippen LogP contribution is -2.09. The average molecular weight is 374 g/mol. The Balaban J connectivity index is 1.71. The average Bonchev–Trinajstić information content (AvgIpc) is 3.14. The molecule has 3 aromatic rings. The lowest BCUT2D eigenvalue weighted by Gasteiger charge is -1.98. The Kier molecular flexibility index (Phi) is 3.89. The first-order valence-electron chi connectivity index (χ1n) is 7.69. The van der Waals surface area contributed by atoms with Gasteiger partial charge in [-0.15, -0.1) is 11.3 Å². The fourth-order valence-corrected chi connectivity index (χ4v) is 4.50. The summed E-state index contributed by atoms with van der Waals surface area (Å²) < 4.78 is 0. The van der Waals surface area contributed by atoms with E-state index in [1.807, 2.05) is 0 Å². The minimum Gasteiger partial charge on any atom is -0.306 e. The number of aromatic amines is 1. The number of nitrogens with one attached hydrogen (secondary N) is 1. The maximum atomic E-state index is 12.4. The first kappa shape index (κ1) is 16.0. The molecule has 0 unspecified atom stereocenters. The van der Waals surface area contributed by atoms with Crippen molar-refractivity contribution >= 4 is 51.0 Å². The van der Waals surface area contributed by atoms with Crippen LogP contribution in [0.5, 0.6) is 0 Å². The van der Waals surface area contributed by atoms with Gasteiger partial charge in [0.25, 0.3) is 11.2 Å². The number of rotatable bonds is 3. The van der Waals surface area contributed by atoms with Crippen LogP contribution in [0.2, 0.25) is 5.02 Å². The second-order valence-corrected chi connectivity index (χ2v) is 7.28. The number of nitrogens with zero attached hydrogens (tertiary/aromatic N) is 2. The molecule has 0 saturated heterocycles. The van der Waals surface area contributed by atoms with E-state index >= 15 is 0 Å². The summed E-state index contributed by atoms with van der Waals surface area (Å²) in [6, 6.07) is 4.53. The van der Waals surface area contributed by atoms with Gasteiger partial charge < -0.3 is 4.98 Å². The number of halogens is 1. The summed E-state index contributed by atoms with van der Waals surface area (Å²) in [6.45, 7) is 0. The summed E-state index contributed by atoms with van der Waals surface area (Å²) in [5.41, 5.74) is 1.45. The molecule has 6 nitrogen and oxygen atoms in total. The molecule has 126 valence electrons. The first-order chi connectivity index (χ1) is 12.0. The number of fused-ring (bicyclic) bond motifs is 3. The molecule has 0 amide bonds.